The van der Waals surface area contributed by atoms with Crippen LogP contribution in [0, 0.1) is 5.82 Å². The molecule has 0 radical (unpaired) electrons. The minimum atomic E-state index is -0.259. The van der Waals surface area contributed by atoms with Crippen molar-refractivity contribution in [1.29, 1.82) is 0 Å². The molecule has 2 N–H and O–H groups in total. The summed E-state index contributed by atoms with van der Waals surface area (Å²) in [5.74, 6) is 1.62. The second kappa shape index (κ2) is 8.35. The van der Waals surface area contributed by atoms with Gasteiger partial charge in [-0.25, -0.2) is 9.37 Å². The summed E-state index contributed by atoms with van der Waals surface area (Å²) in [6.45, 7) is 0.799. The third-order valence-electron chi connectivity index (χ3n) is 4.21. The lowest BCUT2D eigenvalue weighted by molar-refractivity contribution is 0.518. The van der Waals surface area contributed by atoms with E-state index in [1.165, 1.54) is 6.07 Å². The van der Waals surface area contributed by atoms with Crippen molar-refractivity contribution in [2.24, 2.45) is 0 Å². The van der Waals surface area contributed by atoms with Crippen LogP contribution >= 0.6 is 0 Å². The van der Waals surface area contributed by atoms with Gasteiger partial charge in [-0.15, -0.1) is 0 Å². The predicted octanol–water partition coefficient (Wildman–Crippen LogP) is 5.10. The molecule has 28 heavy (non-hydrogen) atoms. The molecule has 2 aromatic heterocycles. The standard InChI is InChI=1S/C22H19FN4O/c23-19-11-5-4-9-17(19)14-25-22-26-20(16-7-2-1-3-8-16)13-21(27-22)24-15-18-10-6-12-28-18/h1-13H,14-15H2,(H2,24,25,26,27). The van der Waals surface area contributed by atoms with Crippen LogP contribution in [0.2, 0.25) is 0 Å². The minimum absolute atomic E-state index is 0.259. The zero-order valence-corrected chi connectivity index (χ0v) is 15.1. The van der Waals surface area contributed by atoms with Crippen molar-refractivity contribution in [1.82, 2.24) is 9.97 Å². The summed E-state index contributed by atoms with van der Waals surface area (Å²) in [6.07, 6.45) is 1.63. The number of nitrogens with one attached hydrogen (secondary N) is 2. The Labute approximate surface area is 162 Å². The number of furan rings is 1. The Kier molecular flexibility index (Phi) is 5.29. The van der Waals surface area contributed by atoms with Crippen molar-refractivity contribution >= 4 is 11.8 Å². The lowest BCUT2D eigenvalue weighted by Crippen LogP contribution is -2.08. The second-order valence-electron chi connectivity index (χ2n) is 6.21. The van der Waals surface area contributed by atoms with Crippen LogP contribution in [-0.4, -0.2) is 9.97 Å². The second-order valence-corrected chi connectivity index (χ2v) is 6.21. The van der Waals surface area contributed by atoms with Gasteiger partial charge in [0.25, 0.3) is 0 Å². The lowest BCUT2D eigenvalue weighted by atomic mass is 10.1. The largest absolute Gasteiger partial charge is 0.467 e. The maximum Gasteiger partial charge on any atom is 0.225 e. The Morgan fingerprint density at radius 3 is 2.43 bits per heavy atom. The molecule has 2 heterocycles. The van der Waals surface area contributed by atoms with E-state index >= 15 is 0 Å². The average Bonchev–Trinajstić information content (AvgIpc) is 3.26. The van der Waals surface area contributed by atoms with Gasteiger partial charge < -0.3 is 15.1 Å². The minimum Gasteiger partial charge on any atom is -0.467 e. The predicted molar refractivity (Wildman–Crippen MR) is 107 cm³/mol. The molecule has 0 aliphatic carbocycles. The highest BCUT2D eigenvalue weighted by molar-refractivity contribution is 5.64. The maximum atomic E-state index is 13.9. The van der Waals surface area contributed by atoms with Crippen LogP contribution in [0.15, 0.2) is 83.5 Å². The molecule has 0 spiro atoms. The average molecular weight is 374 g/mol. The number of hydrogen-bond acceptors (Lipinski definition) is 5. The van der Waals surface area contributed by atoms with Gasteiger partial charge >= 0.3 is 0 Å². The summed E-state index contributed by atoms with van der Waals surface area (Å²) < 4.78 is 19.2. The summed E-state index contributed by atoms with van der Waals surface area (Å²) in [5.41, 5.74) is 2.30. The van der Waals surface area contributed by atoms with Crippen molar-refractivity contribution in [3.8, 4) is 11.3 Å². The normalized spacial score (nSPS) is 10.6. The van der Waals surface area contributed by atoms with Gasteiger partial charge in [0, 0.05) is 23.7 Å². The quantitative estimate of drug-likeness (QED) is 0.471. The Morgan fingerprint density at radius 1 is 0.821 bits per heavy atom. The van der Waals surface area contributed by atoms with Crippen LogP contribution in [-0.2, 0) is 13.1 Å². The summed E-state index contributed by atoms with van der Waals surface area (Å²) in [6, 6.07) is 22.1. The van der Waals surface area contributed by atoms with E-state index in [2.05, 4.69) is 20.6 Å². The molecule has 0 aliphatic rings. The van der Waals surface area contributed by atoms with Crippen LogP contribution in [0.3, 0.4) is 0 Å². The highest BCUT2D eigenvalue weighted by Crippen LogP contribution is 2.22. The Balaban J connectivity index is 1.58. The fourth-order valence-corrected chi connectivity index (χ4v) is 2.78. The molecular weight excluding hydrogens is 355 g/mol. The molecule has 0 unspecified atom stereocenters. The van der Waals surface area contributed by atoms with Gasteiger partial charge in [0.2, 0.25) is 5.95 Å². The zero-order valence-electron chi connectivity index (χ0n) is 15.1. The van der Waals surface area contributed by atoms with Crippen LogP contribution in [0.5, 0.6) is 0 Å². The molecule has 0 fully saturated rings. The molecule has 0 saturated heterocycles. The molecular formula is C22H19FN4O. The maximum absolute atomic E-state index is 13.9. The van der Waals surface area contributed by atoms with E-state index in [9.17, 15) is 4.39 Å². The lowest BCUT2D eigenvalue weighted by Gasteiger charge is -2.11. The first-order chi connectivity index (χ1) is 13.8. The number of aromatic nitrogens is 2. The number of hydrogen-bond donors (Lipinski definition) is 2. The smallest absolute Gasteiger partial charge is 0.225 e. The Bertz CT molecular complexity index is 1040. The highest BCUT2D eigenvalue weighted by Gasteiger charge is 2.08. The van der Waals surface area contributed by atoms with E-state index < -0.39 is 0 Å². The molecule has 0 aliphatic heterocycles. The summed E-state index contributed by atoms with van der Waals surface area (Å²) in [7, 11) is 0. The van der Waals surface area contributed by atoms with Crippen molar-refractivity contribution < 1.29 is 8.81 Å². The fraction of sp³-hybridized carbons (Fsp3) is 0.0909. The van der Waals surface area contributed by atoms with Crippen molar-refractivity contribution in [2.45, 2.75) is 13.1 Å². The van der Waals surface area contributed by atoms with E-state index in [-0.39, 0.29) is 5.82 Å². The van der Waals surface area contributed by atoms with Gasteiger partial charge in [-0.3, -0.25) is 0 Å². The number of halogens is 1. The molecule has 6 heteroatoms. The van der Waals surface area contributed by atoms with E-state index in [1.807, 2.05) is 48.5 Å². The van der Waals surface area contributed by atoms with Crippen LogP contribution < -0.4 is 10.6 Å². The summed E-state index contributed by atoms with van der Waals surface area (Å²) >= 11 is 0. The Hall–Kier alpha value is -3.67. The van der Waals surface area contributed by atoms with Crippen molar-refractivity contribution in [3.05, 3.63) is 96.2 Å². The van der Waals surface area contributed by atoms with E-state index in [0.717, 1.165) is 17.0 Å². The first kappa shape index (κ1) is 17.7. The molecule has 0 atom stereocenters. The third kappa shape index (κ3) is 4.35. The van der Waals surface area contributed by atoms with Crippen molar-refractivity contribution in [3.63, 3.8) is 0 Å². The van der Waals surface area contributed by atoms with Gasteiger partial charge in [0.05, 0.1) is 18.5 Å². The van der Waals surface area contributed by atoms with E-state index in [4.69, 9.17) is 4.42 Å². The number of rotatable bonds is 7. The summed E-state index contributed by atoms with van der Waals surface area (Å²) in [5, 5.41) is 6.37. The van der Waals surface area contributed by atoms with E-state index in [1.54, 1.807) is 24.5 Å². The Morgan fingerprint density at radius 2 is 1.64 bits per heavy atom. The molecule has 2 aromatic carbocycles. The molecule has 0 saturated carbocycles. The number of nitrogens with zero attached hydrogens (tertiary/aromatic N) is 2. The van der Waals surface area contributed by atoms with Crippen LogP contribution in [0.1, 0.15) is 11.3 Å². The third-order valence-corrected chi connectivity index (χ3v) is 4.21. The van der Waals surface area contributed by atoms with Gasteiger partial charge in [-0.1, -0.05) is 48.5 Å². The summed E-state index contributed by atoms with van der Waals surface area (Å²) in [4.78, 5) is 9.09. The SMILES string of the molecule is Fc1ccccc1CNc1nc(NCc2ccco2)cc(-c2ccccc2)n1. The topological polar surface area (TPSA) is 63.0 Å². The van der Waals surface area contributed by atoms with Gasteiger partial charge in [-0.05, 0) is 18.2 Å². The fourth-order valence-electron chi connectivity index (χ4n) is 2.78. The number of anilines is 2. The van der Waals surface area contributed by atoms with Crippen LogP contribution in [0.25, 0.3) is 11.3 Å². The van der Waals surface area contributed by atoms with E-state index in [0.29, 0.717) is 30.4 Å². The molecule has 5 nitrogen and oxygen atoms in total. The molecule has 4 aromatic rings. The monoisotopic (exact) mass is 374 g/mol. The first-order valence-electron chi connectivity index (χ1n) is 8.96. The molecule has 4 rings (SSSR count). The highest BCUT2D eigenvalue weighted by atomic mass is 19.1. The van der Waals surface area contributed by atoms with Crippen molar-refractivity contribution in [2.75, 3.05) is 10.6 Å². The molecule has 140 valence electrons. The first-order valence-corrected chi connectivity index (χ1v) is 8.96. The van der Waals surface area contributed by atoms with Crippen LogP contribution in [0.4, 0.5) is 16.2 Å². The zero-order chi connectivity index (χ0) is 19.2. The molecule has 0 amide bonds. The van der Waals surface area contributed by atoms with Gasteiger partial charge in [0.1, 0.15) is 17.4 Å². The molecule has 0 bridgehead atoms. The van der Waals surface area contributed by atoms with Gasteiger partial charge in [0.15, 0.2) is 0 Å². The number of benzene rings is 2. The van der Waals surface area contributed by atoms with Gasteiger partial charge in [-0.2, -0.15) is 4.98 Å².